The van der Waals surface area contributed by atoms with Crippen molar-refractivity contribution in [3.8, 4) is 0 Å². The Morgan fingerprint density at radius 2 is 1.75 bits per heavy atom. The normalized spacial score (nSPS) is 12.6. The third-order valence-corrected chi connectivity index (χ3v) is 5.25. The molecule has 1 aromatic carbocycles. The van der Waals surface area contributed by atoms with Crippen molar-refractivity contribution < 1.29 is 0 Å². The van der Waals surface area contributed by atoms with E-state index in [0.29, 0.717) is 6.04 Å². The Hall–Kier alpha value is 0.390. The Morgan fingerprint density at radius 3 is 2.40 bits per heavy atom. The molecule has 0 heterocycles. The average molecular weight is 452 g/mol. The molecule has 0 aliphatic heterocycles. The number of rotatable bonds is 10. The molecule has 0 fully saturated rings. The van der Waals surface area contributed by atoms with Crippen LogP contribution >= 0.6 is 38.5 Å². The van der Waals surface area contributed by atoms with Gasteiger partial charge in [-0.25, -0.2) is 0 Å². The molecule has 1 aromatic rings. The summed E-state index contributed by atoms with van der Waals surface area (Å²) in [7, 11) is 2.07. The second-order valence-corrected chi connectivity index (χ2v) is 7.49. The fourth-order valence-electron chi connectivity index (χ4n) is 2.54. The molecule has 0 radical (unpaired) electrons. The molecule has 114 valence electrons. The summed E-state index contributed by atoms with van der Waals surface area (Å²) in [5.41, 5.74) is 1.42. The second-order valence-electron chi connectivity index (χ2n) is 5.42. The first-order valence-corrected chi connectivity index (χ1v) is 9.68. The molecule has 3 heteroatoms. The van der Waals surface area contributed by atoms with Gasteiger partial charge in [0.25, 0.3) is 0 Å². The van der Waals surface area contributed by atoms with Gasteiger partial charge in [-0.3, -0.25) is 0 Å². The standard InChI is InChI=1S/C17H27BrIN/c1-3-4-5-6-7-8-9-10-17(20-2)15-13-14(18)11-12-16(15)19/h11-13,17,20H,3-10H2,1-2H3. The number of hydrogen-bond donors (Lipinski definition) is 1. The lowest BCUT2D eigenvalue weighted by Crippen LogP contribution is -2.17. The smallest absolute Gasteiger partial charge is 0.0328 e. The number of halogens is 2. The molecule has 1 unspecified atom stereocenters. The van der Waals surface area contributed by atoms with E-state index in [2.05, 4.69) is 76.0 Å². The summed E-state index contributed by atoms with van der Waals surface area (Å²) in [6.45, 7) is 2.27. The highest BCUT2D eigenvalue weighted by Gasteiger charge is 2.12. The van der Waals surface area contributed by atoms with Gasteiger partial charge < -0.3 is 5.32 Å². The van der Waals surface area contributed by atoms with Gasteiger partial charge in [-0.05, 0) is 59.8 Å². The molecule has 0 aliphatic rings. The van der Waals surface area contributed by atoms with Crippen molar-refractivity contribution in [3.05, 3.63) is 31.8 Å². The minimum absolute atomic E-state index is 0.482. The van der Waals surface area contributed by atoms with E-state index in [4.69, 9.17) is 0 Å². The van der Waals surface area contributed by atoms with E-state index in [9.17, 15) is 0 Å². The molecular formula is C17H27BrIN. The van der Waals surface area contributed by atoms with Crippen LogP contribution in [0.25, 0.3) is 0 Å². The minimum atomic E-state index is 0.482. The molecule has 0 saturated carbocycles. The maximum Gasteiger partial charge on any atom is 0.0328 e. The van der Waals surface area contributed by atoms with Crippen LogP contribution in [0.1, 0.15) is 69.9 Å². The Bertz CT molecular complexity index is 381. The molecule has 1 atom stereocenters. The number of nitrogens with one attached hydrogen (secondary N) is 1. The average Bonchev–Trinajstić information content (AvgIpc) is 2.45. The van der Waals surface area contributed by atoms with Gasteiger partial charge in [0.1, 0.15) is 0 Å². The van der Waals surface area contributed by atoms with Crippen LogP contribution in [0.5, 0.6) is 0 Å². The topological polar surface area (TPSA) is 12.0 Å². The van der Waals surface area contributed by atoms with Crippen molar-refractivity contribution in [2.45, 2.75) is 64.3 Å². The number of unbranched alkanes of at least 4 members (excludes halogenated alkanes) is 6. The van der Waals surface area contributed by atoms with E-state index >= 15 is 0 Å². The molecule has 0 saturated heterocycles. The van der Waals surface area contributed by atoms with Crippen LogP contribution in [-0.4, -0.2) is 7.05 Å². The Kier molecular flexibility index (Phi) is 10.2. The quantitative estimate of drug-likeness (QED) is 0.318. The van der Waals surface area contributed by atoms with Gasteiger partial charge in [-0.15, -0.1) is 0 Å². The largest absolute Gasteiger partial charge is 0.313 e. The first-order chi connectivity index (χ1) is 9.69. The summed E-state index contributed by atoms with van der Waals surface area (Å²) in [5.74, 6) is 0. The number of hydrogen-bond acceptors (Lipinski definition) is 1. The fourth-order valence-corrected chi connectivity index (χ4v) is 3.63. The summed E-state index contributed by atoms with van der Waals surface area (Å²) >= 11 is 6.02. The van der Waals surface area contributed by atoms with Gasteiger partial charge in [0, 0.05) is 14.1 Å². The Labute approximate surface area is 146 Å². The molecule has 1 nitrogen and oxygen atoms in total. The summed E-state index contributed by atoms with van der Waals surface area (Å²) in [5, 5.41) is 3.47. The third-order valence-electron chi connectivity index (χ3n) is 3.78. The van der Waals surface area contributed by atoms with Crippen molar-refractivity contribution in [2.75, 3.05) is 7.05 Å². The van der Waals surface area contributed by atoms with Gasteiger partial charge in [-0.1, -0.05) is 67.8 Å². The zero-order chi connectivity index (χ0) is 14.8. The molecule has 0 amide bonds. The predicted molar refractivity (Wildman–Crippen MR) is 101 cm³/mol. The molecule has 1 N–H and O–H groups in total. The fraction of sp³-hybridized carbons (Fsp3) is 0.647. The summed E-state index contributed by atoms with van der Waals surface area (Å²) in [6, 6.07) is 7.04. The van der Waals surface area contributed by atoms with Gasteiger partial charge in [-0.2, -0.15) is 0 Å². The maximum absolute atomic E-state index is 3.58. The lowest BCUT2D eigenvalue weighted by Gasteiger charge is -2.18. The van der Waals surface area contributed by atoms with E-state index in [1.807, 2.05) is 0 Å². The molecule has 0 spiro atoms. The van der Waals surface area contributed by atoms with E-state index < -0.39 is 0 Å². The first kappa shape index (κ1) is 18.4. The van der Waals surface area contributed by atoms with Crippen LogP contribution in [0, 0.1) is 3.57 Å². The highest BCUT2D eigenvalue weighted by Crippen LogP contribution is 2.27. The minimum Gasteiger partial charge on any atom is -0.313 e. The third kappa shape index (κ3) is 6.90. The van der Waals surface area contributed by atoms with Crippen molar-refractivity contribution in [3.63, 3.8) is 0 Å². The van der Waals surface area contributed by atoms with Crippen LogP contribution in [0.2, 0.25) is 0 Å². The van der Waals surface area contributed by atoms with Crippen LogP contribution in [-0.2, 0) is 0 Å². The maximum atomic E-state index is 3.58. The van der Waals surface area contributed by atoms with E-state index in [-0.39, 0.29) is 0 Å². The molecular weight excluding hydrogens is 425 g/mol. The zero-order valence-electron chi connectivity index (χ0n) is 12.7. The van der Waals surface area contributed by atoms with Crippen LogP contribution in [0.3, 0.4) is 0 Å². The summed E-state index contributed by atoms with van der Waals surface area (Å²) in [4.78, 5) is 0. The van der Waals surface area contributed by atoms with Gasteiger partial charge >= 0.3 is 0 Å². The molecule has 0 aromatic heterocycles. The van der Waals surface area contributed by atoms with E-state index in [1.165, 1.54) is 65.0 Å². The molecule has 0 aliphatic carbocycles. The monoisotopic (exact) mass is 451 g/mol. The van der Waals surface area contributed by atoms with Crippen molar-refractivity contribution in [2.24, 2.45) is 0 Å². The molecule has 1 rings (SSSR count). The van der Waals surface area contributed by atoms with Gasteiger partial charge in [0.05, 0.1) is 0 Å². The van der Waals surface area contributed by atoms with Gasteiger partial charge in [0.15, 0.2) is 0 Å². The lowest BCUT2D eigenvalue weighted by molar-refractivity contribution is 0.494. The molecule has 20 heavy (non-hydrogen) atoms. The highest BCUT2D eigenvalue weighted by molar-refractivity contribution is 14.1. The van der Waals surface area contributed by atoms with Crippen LogP contribution in [0.15, 0.2) is 22.7 Å². The predicted octanol–water partition coefficient (Wildman–Crippen LogP) is 6.45. The number of benzene rings is 1. The summed E-state index contributed by atoms with van der Waals surface area (Å²) < 4.78 is 2.53. The van der Waals surface area contributed by atoms with E-state index in [1.54, 1.807) is 0 Å². The highest BCUT2D eigenvalue weighted by atomic mass is 127. The van der Waals surface area contributed by atoms with Crippen LogP contribution in [0.4, 0.5) is 0 Å². The Morgan fingerprint density at radius 1 is 1.10 bits per heavy atom. The Balaban J connectivity index is 2.34. The SMILES string of the molecule is CCCCCCCCCC(NC)c1cc(Br)ccc1I. The summed E-state index contributed by atoms with van der Waals surface area (Å²) in [6.07, 6.45) is 10.9. The lowest BCUT2D eigenvalue weighted by atomic mass is 9.99. The zero-order valence-corrected chi connectivity index (χ0v) is 16.5. The van der Waals surface area contributed by atoms with Crippen LogP contribution < -0.4 is 5.32 Å². The van der Waals surface area contributed by atoms with Gasteiger partial charge in [0.2, 0.25) is 0 Å². The van der Waals surface area contributed by atoms with E-state index in [0.717, 1.165) is 0 Å². The first-order valence-electron chi connectivity index (χ1n) is 7.81. The van der Waals surface area contributed by atoms with Crippen molar-refractivity contribution in [1.29, 1.82) is 0 Å². The van der Waals surface area contributed by atoms with Crippen molar-refractivity contribution in [1.82, 2.24) is 5.32 Å². The second kappa shape index (κ2) is 11.0. The van der Waals surface area contributed by atoms with Crippen molar-refractivity contribution >= 4 is 38.5 Å². The molecule has 0 bridgehead atoms.